The molecule has 0 fully saturated rings. The van der Waals surface area contributed by atoms with E-state index in [4.69, 9.17) is 0 Å². The van der Waals surface area contributed by atoms with E-state index in [-0.39, 0.29) is 10.9 Å². The lowest BCUT2D eigenvalue weighted by Gasteiger charge is -2.11. The number of para-hydroxylation sites is 2. The summed E-state index contributed by atoms with van der Waals surface area (Å²) in [5, 5.41) is 7.09. The molecule has 0 unspecified atom stereocenters. The zero-order valence-electron chi connectivity index (χ0n) is 25.6. The molecule has 11 rings (SSSR count). The number of benzene rings is 7. The van der Waals surface area contributed by atoms with Crippen molar-refractivity contribution in [3.05, 3.63) is 166 Å². The van der Waals surface area contributed by atoms with Gasteiger partial charge in [0.2, 0.25) is 0 Å². The van der Waals surface area contributed by atoms with Gasteiger partial charge in [-0.1, -0.05) is 109 Å². The Morgan fingerprint density at radius 3 is 1.21 bits per heavy atom. The van der Waals surface area contributed by atoms with Crippen molar-refractivity contribution in [1.82, 2.24) is 8.80 Å². The second kappa shape index (κ2) is 9.05. The molecule has 0 saturated carbocycles. The highest BCUT2D eigenvalue weighted by Crippen LogP contribution is 2.43. The number of hydrogen-bond acceptors (Lipinski definition) is 2. The highest BCUT2D eigenvalue weighted by Gasteiger charge is 2.24. The van der Waals surface area contributed by atoms with E-state index in [9.17, 15) is 9.59 Å². The molecule has 7 aromatic carbocycles. The lowest BCUT2D eigenvalue weighted by atomic mass is 9.96. The molecule has 0 radical (unpaired) electrons. The minimum absolute atomic E-state index is 0.0461. The first-order chi connectivity index (χ1) is 23.7. The van der Waals surface area contributed by atoms with Gasteiger partial charge in [0.25, 0.3) is 0 Å². The Hall–Kier alpha value is -6.52. The summed E-state index contributed by atoms with van der Waals surface area (Å²) < 4.78 is 4.56. The van der Waals surface area contributed by atoms with Gasteiger partial charge in [0.1, 0.15) is 0 Å². The monoisotopic (exact) mass is 612 g/mol. The average molecular weight is 613 g/mol. The van der Waals surface area contributed by atoms with E-state index in [0.717, 1.165) is 87.7 Å². The average Bonchev–Trinajstić information content (AvgIpc) is 3.65. The molecule has 4 heteroatoms. The predicted molar refractivity (Wildman–Crippen MR) is 199 cm³/mol. The summed E-state index contributed by atoms with van der Waals surface area (Å²) in [4.78, 5) is 28.7. The van der Waals surface area contributed by atoms with Gasteiger partial charge in [-0.3, -0.25) is 9.59 Å². The van der Waals surface area contributed by atoms with Crippen LogP contribution in [0.4, 0.5) is 0 Å². The third-order valence-electron chi connectivity index (χ3n) is 10.4. The van der Waals surface area contributed by atoms with Gasteiger partial charge >= 0.3 is 0 Å². The van der Waals surface area contributed by atoms with Crippen LogP contribution in [0.5, 0.6) is 0 Å². The second-order valence-electron chi connectivity index (χ2n) is 12.8. The standard InChI is InChI=1S/C44H24N2O2/c47-43-31-15-7-9-17-35(31)45-37-24-38-34(23-33(37)29-21-19-27(39(43)41(29)45)25-11-3-1-4-12-25)30-22-20-28(26-13-5-2-6-14-26)40-42(30)46(38)36-18-10-8-16-32(36)44(40)48/h1-24H. The molecule has 4 heterocycles. The molecule has 0 aliphatic heterocycles. The van der Waals surface area contributed by atoms with Gasteiger partial charge in [-0.05, 0) is 58.7 Å². The summed E-state index contributed by atoms with van der Waals surface area (Å²) in [5.41, 5.74) is 9.71. The quantitative estimate of drug-likeness (QED) is 0.182. The number of hydrogen-bond donors (Lipinski definition) is 0. The molecule has 11 aromatic rings. The Morgan fingerprint density at radius 2 is 0.750 bits per heavy atom. The highest BCUT2D eigenvalue weighted by atomic mass is 16.1. The Balaban J connectivity index is 1.40. The van der Waals surface area contributed by atoms with Crippen molar-refractivity contribution in [2.24, 2.45) is 0 Å². The number of rotatable bonds is 2. The fraction of sp³-hybridized carbons (Fsp3) is 0. The van der Waals surface area contributed by atoms with Gasteiger partial charge in [-0.25, -0.2) is 0 Å². The topological polar surface area (TPSA) is 43.0 Å². The number of pyridine rings is 2. The van der Waals surface area contributed by atoms with Crippen molar-refractivity contribution in [3.8, 4) is 22.3 Å². The summed E-state index contributed by atoms with van der Waals surface area (Å²) in [6.45, 7) is 0. The molecular formula is C44H24N2O2. The number of nitrogens with zero attached hydrogens (tertiary/aromatic N) is 2. The van der Waals surface area contributed by atoms with Crippen molar-refractivity contribution >= 4 is 76.2 Å². The molecule has 0 amide bonds. The van der Waals surface area contributed by atoms with Crippen LogP contribution in [0.25, 0.3) is 98.4 Å². The van der Waals surface area contributed by atoms with Gasteiger partial charge < -0.3 is 8.80 Å². The maximum absolute atomic E-state index is 14.3. The van der Waals surface area contributed by atoms with E-state index in [1.165, 1.54) is 0 Å². The lowest BCUT2D eigenvalue weighted by molar-refractivity contribution is 1.32. The van der Waals surface area contributed by atoms with E-state index >= 15 is 0 Å². The van der Waals surface area contributed by atoms with Gasteiger partial charge in [-0.15, -0.1) is 0 Å². The molecule has 0 saturated heterocycles. The third kappa shape index (κ3) is 3.09. The maximum atomic E-state index is 14.3. The summed E-state index contributed by atoms with van der Waals surface area (Å²) in [6, 6.07) is 49.3. The van der Waals surface area contributed by atoms with E-state index in [0.29, 0.717) is 10.8 Å². The van der Waals surface area contributed by atoms with Crippen molar-refractivity contribution < 1.29 is 0 Å². The first-order valence-electron chi connectivity index (χ1n) is 16.2. The first kappa shape index (κ1) is 25.6. The van der Waals surface area contributed by atoms with Gasteiger partial charge in [0, 0.05) is 32.3 Å². The van der Waals surface area contributed by atoms with Gasteiger partial charge in [-0.2, -0.15) is 0 Å². The Bertz CT molecular complexity index is 3030. The summed E-state index contributed by atoms with van der Waals surface area (Å²) in [6.07, 6.45) is 0. The van der Waals surface area contributed by atoms with Crippen LogP contribution in [0.1, 0.15) is 0 Å². The molecule has 0 bridgehead atoms. The van der Waals surface area contributed by atoms with Crippen LogP contribution < -0.4 is 10.9 Å². The van der Waals surface area contributed by atoms with Crippen molar-refractivity contribution in [2.45, 2.75) is 0 Å². The number of aromatic nitrogens is 2. The molecule has 4 nitrogen and oxygen atoms in total. The smallest absolute Gasteiger partial charge is 0.197 e. The third-order valence-corrected chi connectivity index (χ3v) is 10.4. The second-order valence-corrected chi connectivity index (χ2v) is 12.8. The van der Waals surface area contributed by atoms with Crippen molar-refractivity contribution in [3.63, 3.8) is 0 Å². The van der Waals surface area contributed by atoms with Crippen LogP contribution in [-0.4, -0.2) is 8.80 Å². The largest absolute Gasteiger partial charge is 0.308 e. The molecule has 0 aliphatic rings. The molecule has 0 spiro atoms. The Kier molecular flexibility index (Phi) is 4.84. The van der Waals surface area contributed by atoms with Crippen LogP contribution in [0.3, 0.4) is 0 Å². The molecule has 0 N–H and O–H groups in total. The highest BCUT2D eigenvalue weighted by molar-refractivity contribution is 6.26. The minimum Gasteiger partial charge on any atom is -0.308 e. The van der Waals surface area contributed by atoms with Crippen molar-refractivity contribution in [1.29, 1.82) is 0 Å². The number of fused-ring (bicyclic) bond motifs is 10. The Labute approximate surface area is 272 Å². The van der Waals surface area contributed by atoms with Crippen LogP contribution in [0.15, 0.2) is 155 Å². The zero-order chi connectivity index (χ0) is 31.7. The molecule has 4 aromatic heterocycles. The first-order valence-corrected chi connectivity index (χ1v) is 16.2. The summed E-state index contributed by atoms with van der Waals surface area (Å²) >= 11 is 0. The van der Waals surface area contributed by atoms with E-state index in [2.05, 4.69) is 69.5 Å². The maximum Gasteiger partial charge on any atom is 0.197 e. The fourth-order valence-electron chi connectivity index (χ4n) is 8.37. The van der Waals surface area contributed by atoms with Crippen LogP contribution >= 0.6 is 0 Å². The van der Waals surface area contributed by atoms with E-state index in [1.54, 1.807) is 0 Å². The normalized spacial score (nSPS) is 12.3. The Morgan fingerprint density at radius 1 is 0.333 bits per heavy atom. The van der Waals surface area contributed by atoms with E-state index < -0.39 is 0 Å². The molecular weight excluding hydrogens is 588 g/mol. The molecule has 0 atom stereocenters. The summed E-state index contributed by atoms with van der Waals surface area (Å²) in [7, 11) is 0. The van der Waals surface area contributed by atoms with E-state index in [1.807, 2.05) is 84.9 Å². The predicted octanol–water partition coefficient (Wildman–Crippen LogP) is 10.0. The fourth-order valence-corrected chi connectivity index (χ4v) is 8.37. The minimum atomic E-state index is 0.0461. The van der Waals surface area contributed by atoms with Crippen molar-refractivity contribution in [2.75, 3.05) is 0 Å². The molecule has 48 heavy (non-hydrogen) atoms. The van der Waals surface area contributed by atoms with Crippen LogP contribution in [0.2, 0.25) is 0 Å². The lowest BCUT2D eigenvalue weighted by Crippen LogP contribution is -2.08. The van der Waals surface area contributed by atoms with Crippen LogP contribution in [-0.2, 0) is 0 Å². The van der Waals surface area contributed by atoms with Gasteiger partial charge in [0.05, 0.1) is 43.9 Å². The molecule has 222 valence electrons. The zero-order valence-corrected chi connectivity index (χ0v) is 25.6. The van der Waals surface area contributed by atoms with Crippen LogP contribution in [0, 0.1) is 0 Å². The molecule has 0 aliphatic carbocycles. The SMILES string of the molecule is O=c1c2ccccc2n2c3cc4c(cc3c3ccc(-c5ccccc5)c1c32)c1ccc(-c2ccccc2)c2c(=O)c3ccccc3n4c21. The van der Waals surface area contributed by atoms with Gasteiger partial charge in [0.15, 0.2) is 10.9 Å². The summed E-state index contributed by atoms with van der Waals surface area (Å²) in [5.74, 6) is 0.